The van der Waals surface area contributed by atoms with Crippen LogP contribution in [-0.2, 0) is 0 Å². The number of aromatic nitrogens is 2. The van der Waals surface area contributed by atoms with Gasteiger partial charge in [0.1, 0.15) is 0 Å². The van der Waals surface area contributed by atoms with Gasteiger partial charge >= 0.3 is 157 Å². The third-order valence-corrected chi connectivity index (χ3v) is 11.5. The molecule has 25 heavy (non-hydrogen) atoms. The summed E-state index contributed by atoms with van der Waals surface area (Å²) in [5, 5.41) is 0. The van der Waals surface area contributed by atoms with E-state index < -0.39 is 18.4 Å². The fraction of sp³-hybridized carbons (Fsp3) is 0.250. The van der Waals surface area contributed by atoms with Crippen molar-refractivity contribution in [2.75, 3.05) is 19.0 Å². The molecule has 0 saturated heterocycles. The maximum absolute atomic E-state index is 4.87. The van der Waals surface area contributed by atoms with Crippen molar-refractivity contribution in [1.82, 2.24) is 9.38 Å². The van der Waals surface area contributed by atoms with Gasteiger partial charge in [0, 0.05) is 0 Å². The summed E-state index contributed by atoms with van der Waals surface area (Å²) in [6, 6.07) is 15.6. The van der Waals surface area contributed by atoms with Gasteiger partial charge < -0.3 is 0 Å². The van der Waals surface area contributed by atoms with Gasteiger partial charge in [-0.2, -0.15) is 0 Å². The molecule has 0 fully saturated rings. The van der Waals surface area contributed by atoms with Crippen LogP contribution in [0.4, 0.5) is 5.69 Å². The zero-order valence-corrected chi connectivity index (χ0v) is 19.0. The van der Waals surface area contributed by atoms with E-state index in [2.05, 4.69) is 86.9 Å². The molecule has 0 aliphatic carbocycles. The van der Waals surface area contributed by atoms with E-state index in [4.69, 9.17) is 4.98 Å². The standard InChI is InChI=1S/C17H14N3S.3CH3.Sn/c1-19(2)13-9-7-12(8-10-13)14-11-20-15-5-3-4-6-16(15)21-17(20)18-14;;;;/h4-11H,1-2H3;3*1H3;. The Morgan fingerprint density at radius 2 is 1.72 bits per heavy atom. The van der Waals surface area contributed by atoms with Gasteiger partial charge in [0.05, 0.1) is 0 Å². The molecule has 0 bridgehead atoms. The summed E-state index contributed by atoms with van der Waals surface area (Å²) in [4.78, 5) is 15.4. The summed E-state index contributed by atoms with van der Waals surface area (Å²) in [5.41, 5.74) is 4.72. The number of fused-ring (bicyclic) bond motifs is 3. The minimum absolute atomic E-state index is 1.04. The second-order valence-electron chi connectivity index (χ2n) is 7.75. The van der Waals surface area contributed by atoms with Crippen molar-refractivity contribution in [3.8, 4) is 11.3 Å². The number of anilines is 1. The van der Waals surface area contributed by atoms with Gasteiger partial charge in [-0.1, -0.05) is 0 Å². The van der Waals surface area contributed by atoms with Crippen LogP contribution in [0.25, 0.3) is 26.4 Å². The molecule has 3 nitrogen and oxygen atoms in total. The van der Waals surface area contributed by atoms with Crippen LogP contribution in [0.5, 0.6) is 0 Å². The molecular weight excluding hydrogens is 433 g/mol. The van der Waals surface area contributed by atoms with Gasteiger partial charge in [-0.3, -0.25) is 0 Å². The van der Waals surface area contributed by atoms with E-state index in [1.54, 1.807) is 14.9 Å². The average Bonchev–Trinajstić information content (AvgIpc) is 3.11. The zero-order chi connectivity index (χ0) is 17.8. The maximum atomic E-state index is 4.87. The molecule has 2 aromatic heterocycles. The summed E-state index contributed by atoms with van der Waals surface area (Å²) in [7, 11) is 4.12. The predicted molar refractivity (Wildman–Crippen MR) is 113 cm³/mol. The fourth-order valence-corrected chi connectivity index (χ4v) is 7.31. The van der Waals surface area contributed by atoms with Crippen LogP contribution in [0.1, 0.15) is 0 Å². The van der Waals surface area contributed by atoms with Crippen molar-refractivity contribution < 1.29 is 0 Å². The summed E-state index contributed by atoms with van der Waals surface area (Å²) < 4.78 is 5.14. The van der Waals surface area contributed by atoms with E-state index >= 15 is 0 Å². The second-order valence-corrected chi connectivity index (χ2v) is 23.3. The number of hydrogen-bond donors (Lipinski definition) is 0. The van der Waals surface area contributed by atoms with Gasteiger partial charge in [0.15, 0.2) is 0 Å². The third kappa shape index (κ3) is 3.06. The molecule has 2 heterocycles. The SMILES string of the molecule is CN(C)c1ccc(-c2cn3c(n2)sc2cc[c]([Sn]([CH3])([CH3])[CH3])cc23)cc1. The molecule has 4 rings (SSSR count). The normalized spacial score (nSPS) is 12.2. The van der Waals surface area contributed by atoms with Crippen LogP contribution < -0.4 is 8.48 Å². The Bertz CT molecular complexity index is 1050. The summed E-state index contributed by atoms with van der Waals surface area (Å²) in [6.45, 7) is 0. The molecular formula is C20H23N3SSn. The number of nitrogens with zero attached hydrogens (tertiary/aromatic N) is 3. The Hall–Kier alpha value is -1.53. The number of thiazole rings is 1. The number of hydrogen-bond acceptors (Lipinski definition) is 3. The van der Waals surface area contributed by atoms with Crippen LogP contribution in [0.2, 0.25) is 14.8 Å². The monoisotopic (exact) mass is 457 g/mol. The van der Waals surface area contributed by atoms with Crippen LogP contribution in [0.3, 0.4) is 0 Å². The van der Waals surface area contributed by atoms with E-state index in [1.807, 2.05) is 0 Å². The molecule has 0 N–H and O–H groups in total. The summed E-state index contributed by atoms with van der Waals surface area (Å²) in [6.07, 6.45) is 2.18. The van der Waals surface area contributed by atoms with Gasteiger partial charge in [0.25, 0.3) is 0 Å². The van der Waals surface area contributed by atoms with Crippen molar-refractivity contribution in [2.45, 2.75) is 14.8 Å². The van der Waals surface area contributed by atoms with Gasteiger partial charge in [-0.25, -0.2) is 0 Å². The first kappa shape index (κ1) is 16.9. The molecule has 4 aromatic rings. The quantitative estimate of drug-likeness (QED) is 0.412. The Morgan fingerprint density at radius 1 is 1.00 bits per heavy atom. The molecule has 0 radical (unpaired) electrons. The van der Waals surface area contributed by atoms with Gasteiger partial charge in [0.2, 0.25) is 0 Å². The minimum atomic E-state index is -2.07. The van der Waals surface area contributed by atoms with Crippen molar-refractivity contribution in [3.05, 3.63) is 48.7 Å². The number of imidazole rings is 1. The van der Waals surface area contributed by atoms with E-state index in [1.165, 1.54) is 21.5 Å². The number of rotatable bonds is 3. The first-order valence-electron chi connectivity index (χ1n) is 8.53. The molecule has 0 unspecified atom stereocenters. The third-order valence-electron chi connectivity index (χ3n) is 4.64. The van der Waals surface area contributed by atoms with E-state index in [0.717, 1.165) is 10.7 Å². The van der Waals surface area contributed by atoms with Crippen LogP contribution in [-0.4, -0.2) is 41.9 Å². The molecule has 0 aliphatic heterocycles. The number of benzene rings is 2. The van der Waals surface area contributed by atoms with Crippen LogP contribution in [0.15, 0.2) is 48.7 Å². The molecule has 2 aromatic carbocycles. The van der Waals surface area contributed by atoms with Crippen molar-refractivity contribution in [1.29, 1.82) is 0 Å². The van der Waals surface area contributed by atoms with Crippen LogP contribution in [0, 0.1) is 0 Å². The van der Waals surface area contributed by atoms with E-state index in [-0.39, 0.29) is 0 Å². The molecule has 5 heteroatoms. The Kier molecular flexibility index (Phi) is 4.07. The molecule has 128 valence electrons. The Morgan fingerprint density at radius 3 is 2.36 bits per heavy atom. The van der Waals surface area contributed by atoms with Crippen molar-refractivity contribution >= 4 is 54.2 Å². The molecule has 0 atom stereocenters. The first-order valence-corrected chi connectivity index (χ1v) is 19.3. The summed E-state index contributed by atoms with van der Waals surface area (Å²) >= 11 is -0.298. The van der Waals surface area contributed by atoms with E-state index in [0.29, 0.717) is 0 Å². The average molecular weight is 456 g/mol. The molecule has 0 amide bonds. The Balaban J connectivity index is 1.82. The van der Waals surface area contributed by atoms with E-state index in [9.17, 15) is 0 Å². The molecule has 0 spiro atoms. The molecule has 0 saturated carbocycles. The second kappa shape index (κ2) is 6.02. The first-order chi connectivity index (χ1) is 11.8. The zero-order valence-electron chi connectivity index (χ0n) is 15.4. The van der Waals surface area contributed by atoms with Crippen molar-refractivity contribution in [3.63, 3.8) is 0 Å². The van der Waals surface area contributed by atoms with Crippen LogP contribution >= 0.6 is 11.3 Å². The van der Waals surface area contributed by atoms with Gasteiger partial charge in [-0.05, 0) is 0 Å². The fourth-order valence-electron chi connectivity index (χ4n) is 3.03. The predicted octanol–water partition coefficient (Wildman–Crippen LogP) is 4.83. The Labute approximate surface area is 156 Å². The van der Waals surface area contributed by atoms with Gasteiger partial charge in [-0.15, -0.1) is 0 Å². The van der Waals surface area contributed by atoms with Crippen molar-refractivity contribution in [2.24, 2.45) is 0 Å². The molecule has 0 aliphatic rings. The summed E-state index contributed by atoms with van der Waals surface area (Å²) in [5.74, 6) is 0. The topological polar surface area (TPSA) is 20.5 Å².